The van der Waals surface area contributed by atoms with Crippen LogP contribution in [0.25, 0.3) is 10.9 Å². The Bertz CT molecular complexity index is 795. The quantitative estimate of drug-likeness (QED) is 0.625. The molecule has 0 saturated heterocycles. The first-order chi connectivity index (χ1) is 9.65. The van der Waals surface area contributed by atoms with Crippen LogP contribution in [0.15, 0.2) is 48.7 Å². The van der Waals surface area contributed by atoms with Gasteiger partial charge in [0.1, 0.15) is 5.82 Å². The molecule has 3 rings (SSSR count). The maximum atomic E-state index is 13.6. The van der Waals surface area contributed by atoms with Crippen LogP contribution < -0.4 is 11.1 Å². The highest BCUT2D eigenvalue weighted by molar-refractivity contribution is 6.12. The van der Waals surface area contributed by atoms with E-state index in [1.807, 2.05) is 6.07 Å². The summed E-state index contributed by atoms with van der Waals surface area (Å²) in [6.07, 6.45) is 1.75. The molecule has 4 N–H and O–H groups in total. The molecule has 0 aliphatic rings. The number of aromatic nitrogens is 1. The number of hydrogen-bond acceptors (Lipinski definition) is 2. The van der Waals surface area contributed by atoms with Gasteiger partial charge in [-0.3, -0.25) is 4.79 Å². The summed E-state index contributed by atoms with van der Waals surface area (Å²) in [6, 6.07) is 11.2. The first-order valence-corrected chi connectivity index (χ1v) is 6.07. The lowest BCUT2D eigenvalue weighted by atomic mass is 10.1. The molecule has 3 aromatic rings. The second-order valence-corrected chi connectivity index (χ2v) is 4.44. The average Bonchev–Trinajstić information content (AvgIpc) is 2.91. The molecule has 0 bridgehead atoms. The Morgan fingerprint density at radius 1 is 1.20 bits per heavy atom. The molecule has 5 heteroatoms. The van der Waals surface area contributed by atoms with Crippen LogP contribution in [-0.4, -0.2) is 10.9 Å². The molecular formula is C15H12FN3O. The van der Waals surface area contributed by atoms with E-state index in [0.29, 0.717) is 11.3 Å². The Labute approximate surface area is 114 Å². The van der Waals surface area contributed by atoms with Crippen molar-refractivity contribution in [3.05, 3.63) is 60.0 Å². The minimum absolute atomic E-state index is 0.0718. The van der Waals surface area contributed by atoms with Gasteiger partial charge in [0, 0.05) is 28.4 Å². The van der Waals surface area contributed by atoms with Gasteiger partial charge in [0.25, 0.3) is 5.91 Å². The van der Waals surface area contributed by atoms with Crippen LogP contribution in [0.1, 0.15) is 10.4 Å². The number of nitrogens with two attached hydrogens (primary N) is 1. The van der Waals surface area contributed by atoms with Gasteiger partial charge in [-0.1, -0.05) is 6.07 Å². The molecule has 4 nitrogen and oxygen atoms in total. The third kappa shape index (κ3) is 2.09. The second-order valence-electron chi connectivity index (χ2n) is 4.44. The summed E-state index contributed by atoms with van der Waals surface area (Å²) in [5.74, 6) is -0.895. The number of halogens is 1. The summed E-state index contributed by atoms with van der Waals surface area (Å²) >= 11 is 0. The molecular weight excluding hydrogens is 257 g/mol. The molecule has 0 unspecified atom stereocenters. The molecule has 100 valence electrons. The zero-order valence-electron chi connectivity index (χ0n) is 10.5. The van der Waals surface area contributed by atoms with Crippen molar-refractivity contribution < 1.29 is 9.18 Å². The molecule has 0 spiro atoms. The standard InChI is InChI=1S/C15H12FN3O/c16-12-5-4-9(17)8-14(12)19-15(20)11-2-1-3-13-10(11)6-7-18-13/h1-8,18H,17H2,(H,19,20). The Kier molecular flexibility index (Phi) is 2.87. The first-order valence-electron chi connectivity index (χ1n) is 6.07. The molecule has 2 aromatic carbocycles. The smallest absolute Gasteiger partial charge is 0.256 e. The number of carbonyl (C=O) groups is 1. The molecule has 1 amide bonds. The summed E-state index contributed by atoms with van der Waals surface area (Å²) < 4.78 is 13.6. The highest BCUT2D eigenvalue weighted by Crippen LogP contribution is 2.21. The van der Waals surface area contributed by atoms with E-state index in [1.165, 1.54) is 18.2 Å². The maximum absolute atomic E-state index is 13.6. The maximum Gasteiger partial charge on any atom is 0.256 e. The molecule has 0 aliphatic carbocycles. The van der Waals surface area contributed by atoms with Gasteiger partial charge in [-0.05, 0) is 36.4 Å². The number of rotatable bonds is 2. The van der Waals surface area contributed by atoms with Crippen molar-refractivity contribution in [1.29, 1.82) is 0 Å². The van der Waals surface area contributed by atoms with Gasteiger partial charge in [-0.2, -0.15) is 0 Å². The van der Waals surface area contributed by atoms with Gasteiger partial charge in [0.2, 0.25) is 0 Å². The predicted molar refractivity (Wildman–Crippen MR) is 77.1 cm³/mol. The van der Waals surface area contributed by atoms with Crippen LogP contribution >= 0.6 is 0 Å². The van der Waals surface area contributed by atoms with Crippen LogP contribution in [0.4, 0.5) is 15.8 Å². The number of anilines is 2. The normalized spacial score (nSPS) is 10.7. The number of H-pyrrole nitrogens is 1. The van der Waals surface area contributed by atoms with Gasteiger partial charge in [-0.15, -0.1) is 0 Å². The third-order valence-electron chi connectivity index (χ3n) is 3.08. The van der Waals surface area contributed by atoms with Gasteiger partial charge in [0.15, 0.2) is 0 Å². The van der Waals surface area contributed by atoms with Crippen LogP contribution in [0, 0.1) is 5.82 Å². The molecule has 20 heavy (non-hydrogen) atoms. The van der Waals surface area contributed by atoms with E-state index in [9.17, 15) is 9.18 Å². The Morgan fingerprint density at radius 2 is 2.05 bits per heavy atom. The minimum Gasteiger partial charge on any atom is -0.399 e. The van der Waals surface area contributed by atoms with Gasteiger partial charge >= 0.3 is 0 Å². The number of hydrogen-bond donors (Lipinski definition) is 3. The first kappa shape index (κ1) is 12.2. The van der Waals surface area contributed by atoms with E-state index in [0.717, 1.165) is 10.9 Å². The monoisotopic (exact) mass is 269 g/mol. The van der Waals surface area contributed by atoms with E-state index in [-0.39, 0.29) is 11.6 Å². The minimum atomic E-state index is -0.520. The summed E-state index contributed by atoms with van der Waals surface area (Å²) in [7, 11) is 0. The molecule has 1 heterocycles. The SMILES string of the molecule is Nc1ccc(F)c(NC(=O)c2cccc3[nH]ccc23)c1. The summed E-state index contributed by atoms with van der Waals surface area (Å²) in [4.78, 5) is 15.3. The number of nitrogens with one attached hydrogen (secondary N) is 2. The van der Waals surface area contributed by atoms with E-state index < -0.39 is 5.82 Å². The molecule has 0 atom stereocenters. The molecule has 0 radical (unpaired) electrons. The van der Waals surface area contributed by atoms with Crippen molar-refractivity contribution in [3.8, 4) is 0 Å². The molecule has 0 fully saturated rings. The van der Waals surface area contributed by atoms with Crippen molar-refractivity contribution in [2.75, 3.05) is 11.1 Å². The van der Waals surface area contributed by atoms with Crippen molar-refractivity contribution in [1.82, 2.24) is 4.98 Å². The van der Waals surface area contributed by atoms with Gasteiger partial charge < -0.3 is 16.0 Å². The number of amides is 1. The van der Waals surface area contributed by atoms with Crippen LogP contribution in [0.3, 0.4) is 0 Å². The molecule has 1 aromatic heterocycles. The third-order valence-corrected chi connectivity index (χ3v) is 3.08. The Hall–Kier alpha value is -2.82. The van der Waals surface area contributed by atoms with Crippen molar-refractivity contribution >= 4 is 28.2 Å². The van der Waals surface area contributed by atoms with Crippen LogP contribution in [0.5, 0.6) is 0 Å². The zero-order chi connectivity index (χ0) is 14.1. The lowest BCUT2D eigenvalue weighted by Crippen LogP contribution is -2.13. The Morgan fingerprint density at radius 3 is 2.90 bits per heavy atom. The number of aromatic amines is 1. The lowest BCUT2D eigenvalue weighted by molar-refractivity contribution is 0.102. The zero-order valence-corrected chi connectivity index (χ0v) is 10.5. The number of fused-ring (bicyclic) bond motifs is 1. The van der Waals surface area contributed by atoms with Crippen molar-refractivity contribution in [2.24, 2.45) is 0 Å². The fourth-order valence-corrected chi connectivity index (χ4v) is 2.11. The van der Waals surface area contributed by atoms with Crippen LogP contribution in [-0.2, 0) is 0 Å². The number of carbonyl (C=O) groups excluding carboxylic acids is 1. The van der Waals surface area contributed by atoms with Crippen molar-refractivity contribution in [2.45, 2.75) is 0 Å². The van der Waals surface area contributed by atoms with Gasteiger partial charge in [-0.25, -0.2) is 4.39 Å². The van der Waals surface area contributed by atoms with E-state index >= 15 is 0 Å². The predicted octanol–water partition coefficient (Wildman–Crippen LogP) is 3.14. The highest BCUT2D eigenvalue weighted by atomic mass is 19.1. The van der Waals surface area contributed by atoms with E-state index in [1.54, 1.807) is 24.4 Å². The van der Waals surface area contributed by atoms with E-state index in [2.05, 4.69) is 10.3 Å². The highest BCUT2D eigenvalue weighted by Gasteiger charge is 2.12. The van der Waals surface area contributed by atoms with Gasteiger partial charge in [0.05, 0.1) is 5.69 Å². The lowest BCUT2D eigenvalue weighted by Gasteiger charge is -2.08. The fraction of sp³-hybridized carbons (Fsp3) is 0. The summed E-state index contributed by atoms with van der Waals surface area (Å²) in [5, 5.41) is 3.33. The fourth-order valence-electron chi connectivity index (χ4n) is 2.11. The molecule has 0 saturated carbocycles. The topological polar surface area (TPSA) is 70.9 Å². The number of nitrogen functional groups attached to an aromatic ring is 1. The summed E-state index contributed by atoms with van der Waals surface area (Å²) in [5.41, 5.74) is 7.38. The Balaban J connectivity index is 1.97. The van der Waals surface area contributed by atoms with Crippen molar-refractivity contribution in [3.63, 3.8) is 0 Å². The average molecular weight is 269 g/mol. The number of benzene rings is 2. The van der Waals surface area contributed by atoms with Crippen LogP contribution in [0.2, 0.25) is 0 Å². The molecule has 0 aliphatic heterocycles. The largest absolute Gasteiger partial charge is 0.399 e. The summed E-state index contributed by atoms with van der Waals surface area (Å²) in [6.45, 7) is 0. The van der Waals surface area contributed by atoms with E-state index in [4.69, 9.17) is 5.73 Å². The second kappa shape index (κ2) is 4.70.